The molecule has 1 saturated carbocycles. The molecule has 1 aliphatic carbocycles. The monoisotopic (exact) mass is 311 g/mol. The zero-order chi connectivity index (χ0) is 15.3. The fourth-order valence-corrected chi connectivity index (χ4v) is 2.98. The Balaban J connectivity index is 1.81. The lowest BCUT2D eigenvalue weighted by atomic mass is 10.2. The molecule has 0 radical (unpaired) electrons. The summed E-state index contributed by atoms with van der Waals surface area (Å²) in [4.78, 5) is 11.6. The van der Waals surface area contributed by atoms with E-state index in [2.05, 4.69) is 10.0 Å². The first-order valence-corrected chi connectivity index (χ1v) is 8.57. The first-order chi connectivity index (χ1) is 10.0. The molecule has 0 unspecified atom stereocenters. The SMILES string of the molecule is NCCc1ccc(S(=O)(=O)NCCNC(=O)C2CC2)cc1. The normalized spacial score (nSPS) is 14.9. The molecule has 0 bridgehead atoms. The van der Waals surface area contributed by atoms with E-state index in [1.807, 2.05) is 0 Å². The number of carbonyl (C=O) groups excluding carboxylic acids is 1. The quantitative estimate of drug-likeness (QED) is 0.588. The van der Waals surface area contributed by atoms with Crippen LogP contribution in [0.3, 0.4) is 0 Å². The van der Waals surface area contributed by atoms with Crippen LogP contribution in [0.4, 0.5) is 0 Å². The minimum atomic E-state index is -3.53. The molecule has 7 heteroatoms. The minimum Gasteiger partial charge on any atom is -0.355 e. The summed E-state index contributed by atoms with van der Waals surface area (Å²) in [6.45, 7) is 1.02. The predicted molar refractivity (Wildman–Crippen MR) is 80.1 cm³/mol. The number of nitrogens with two attached hydrogens (primary N) is 1. The topological polar surface area (TPSA) is 101 Å². The van der Waals surface area contributed by atoms with E-state index in [-0.39, 0.29) is 23.3 Å². The smallest absolute Gasteiger partial charge is 0.240 e. The van der Waals surface area contributed by atoms with Gasteiger partial charge in [-0.15, -0.1) is 0 Å². The average molecular weight is 311 g/mol. The molecule has 1 aromatic rings. The summed E-state index contributed by atoms with van der Waals surface area (Å²) >= 11 is 0. The maximum Gasteiger partial charge on any atom is 0.240 e. The Morgan fingerprint density at radius 3 is 2.43 bits per heavy atom. The molecule has 1 aromatic carbocycles. The minimum absolute atomic E-state index is 0.0142. The third-order valence-corrected chi connectivity index (χ3v) is 4.81. The summed E-state index contributed by atoms with van der Waals surface area (Å²) in [6.07, 6.45) is 2.60. The van der Waals surface area contributed by atoms with Gasteiger partial charge in [-0.2, -0.15) is 0 Å². The zero-order valence-corrected chi connectivity index (χ0v) is 12.7. The largest absolute Gasteiger partial charge is 0.355 e. The molecule has 21 heavy (non-hydrogen) atoms. The Labute approximate surface area is 125 Å². The Bertz CT molecular complexity index is 580. The van der Waals surface area contributed by atoms with Crippen molar-refractivity contribution in [1.29, 1.82) is 0 Å². The first-order valence-electron chi connectivity index (χ1n) is 7.09. The average Bonchev–Trinajstić information content (AvgIpc) is 3.29. The van der Waals surface area contributed by atoms with Gasteiger partial charge in [-0.25, -0.2) is 13.1 Å². The summed E-state index contributed by atoms with van der Waals surface area (Å²) in [6, 6.07) is 6.65. The molecule has 0 aromatic heterocycles. The molecular weight excluding hydrogens is 290 g/mol. The van der Waals surface area contributed by atoms with Crippen molar-refractivity contribution in [3.63, 3.8) is 0 Å². The van der Waals surface area contributed by atoms with E-state index in [0.717, 1.165) is 24.8 Å². The van der Waals surface area contributed by atoms with Crippen molar-refractivity contribution in [1.82, 2.24) is 10.0 Å². The Kier molecular flexibility index (Phi) is 5.33. The van der Waals surface area contributed by atoms with E-state index in [9.17, 15) is 13.2 Å². The highest BCUT2D eigenvalue weighted by molar-refractivity contribution is 7.89. The number of benzene rings is 1. The van der Waals surface area contributed by atoms with Crippen LogP contribution < -0.4 is 15.8 Å². The van der Waals surface area contributed by atoms with Crippen molar-refractivity contribution in [2.45, 2.75) is 24.2 Å². The van der Waals surface area contributed by atoms with Crippen LogP contribution in [0, 0.1) is 5.92 Å². The molecule has 4 N–H and O–H groups in total. The van der Waals surface area contributed by atoms with E-state index in [4.69, 9.17) is 5.73 Å². The van der Waals surface area contributed by atoms with Gasteiger partial charge >= 0.3 is 0 Å². The second kappa shape index (κ2) is 7.02. The second-order valence-corrected chi connectivity index (χ2v) is 6.91. The van der Waals surface area contributed by atoms with Gasteiger partial charge in [0.25, 0.3) is 0 Å². The lowest BCUT2D eigenvalue weighted by molar-refractivity contribution is -0.122. The highest BCUT2D eigenvalue weighted by Crippen LogP contribution is 2.28. The summed E-state index contributed by atoms with van der Waals surface area (Å²) in [5, 5.41) is 2.71. The molecule has 6 nitrogen and oxygen atoms in total. The number of hydrogen-bond acceptors (Lipinski definition) is 4. The molecule has 1 aliphatic rings. The standard InChI is InChI=1S/C14H21N3O3S/c15-8-7-11-1-5-13(6-2-11)21(19,20)17-10-9-16-14(18)12-3-4-12/h1-2,5-6,12,17H,3-4,7-10,15H2,(H,16,18). The van der Waals surface area contributed by atoms with Gasteiger partial charge in [0.1, 0.15) is 0 Å². The van der Waals surface area contributed by atoms with Crippen molar-refractivity contribution in [2.75, 3.05) is 19.6 Å². The lowest BCUT2D eigenvalue weighted by Crippen LogP contribution is -2.35. The second-order valence-electron chi connectivity index (χ2n) is 5.15. The van der Waals surface area contributed by atoms with Gasteiger partial charge in [0, 0.05) is 19.0 Å². The fourth-order valence-electron chi connectivity index (χ4n) is 1.95. The summed E-state index contributed by atoms with van der Waals surface area (Å²) < 4.78 is 26.6. The maximum atomic E-state index is 12.0. The molecule has 0 spiro atoms. The zero-order valence-electron chi connectivity index (χ0n) is 11.8. The predicted octanol–water partition coefficient (Wildman–Crippen LogP) is -0.00770. The van der Waals surface area contributed by atoms with Gasteiger partial charge in [-0.1, -0.05) is 12.1 Å². The fraction of sp³-hybridized carbons (Fsp3) is 0.500. The van der Waals surface area contributed by atoms with Crippen molar-refractivity contribution in [3.05, 3.63) is 29.8 Å². The van der Waals surface area contributed by atoms with Crippen molar-refractivity contribution >= 4 is 15.9 Å². The van der Waals surface area contributed by atoms with Gasteiger partial charge in [-0.3, -0.25) is 4.79 Å². The van der Waals surface area contributed by atoms with Crippen molar-refractivity contribution < 1.29 is 13.2 Å². The van der Waals surface area contributed by atoms with Crippen LogP contribution in [0.15, 0.2) is 29.2 Å². The van der Waals surface area contributed by atoms with Crippen LogP contribution in [0.2, 0.25) is 0 Å². The maximum absolute atomic E-state index is 12.0. The third kappa shape index (κ3) is 4.80. The molecule has 0 heterocycles. The number of nitrogens with one attached hydrogen (secondary N) is 2. The molecular formula is C14H21N3O3S. The van der Waals surface area contributed by atoms with Gasteiger partial charge in [0.15, 0.2) is 0 Å². The van der Waals surface area contributed by atoms with Crippen LogP contribution in [0.25, 0.3) is 0 Å². The molecule has 0 aliphatic heterocycles. The lowest BCUT2D eigenvalue weighted by Gasteiger charge is -2.08. The summed E-state index contributed by atoms with van der Waals surface area (Å²) in [5.74, 6) is 0.150. The van der Waals surface area contributed by atoms with E-state index >= 15 is 0 Å². The molecule has 0 atom stereocenters. The highest BCUT2D eigenvalue weighted by Gasteiger charge is 2.29. The van der Waals surface area contributed by atoms with Crippen molar-refractivity contribution in [2.24, 2.45) is 11.7 Å². The number of hydrogen-bond donors (Lipinski definition) is 3. The number of carbonyl (C=O) groups is 1. The first kappa shape index (κ1) is 15.9. The van der Waals surface area contributed by atoms with Crippen LogP contribution in [-0.2, 0) is 21.2 Å². The molecule has 0 saturated heterocycles. The van der Waals surface area contributed by atoms with E-state index in [1.54, 1.807) is 24.3 Å². The van der Waals surface area contributed by atoms with Crippen molar-refractivity contribution in [3.8, 4) is 0 Å². The van der Waals surface area contributed by atoms with Crippen LogP contribution in [0.5, 0.6) is 0 Å². The number of amides is 1. The third-order valence-electron chi connectivity index (χ3n) is 3.33. The summed E-state index contributed by atoms with van der Waals surface area (Å²) in [5.41, 5.74) is 6.46. The van der Waals surface area contributed by atoms with Gasteiger partial charge in [0.05, 0.1) is 4.90 Å². The Hall–Kier alpha value is -1.44. The number of sulfonamides is 1. The molecule has 1 amide bonds. The Morgan fingerprint density at radius 1 is 1.19 bits per heavy atom. The molecule has 116 valence electrons. The van der Waals surface area contributed by atoms with E-state index < -0.39 is 10.0 Å². The van der Waals surface area contributed by atoms with Crippen LogP contribution >= 0.6 is 0 Å². The Morgan fingerprint density at radius 2 is 1.86 bits per heavy atom. The van der Waals surface area contributed by atoms with E-state index in [0.29, 0.717) is 13.1 Å². The molecule has 2 rings (SSSR count). The van der Waals surface area contributed by atoms with Gasteiger partial charge < -0.3 is 11.1 Å². The molecule has 1 fully saturated rings. The van der Waals surface area contributed by atoms with Crippen LogP contribution in [0.1, 0.15) is 18.4 Å². The van der Waals surface area contributed by atoms with Gasteiger partial charge in [-0.05, 0) is 43.5 Å². The number of rotatable bonds is 8. The van der Waals surface area contributed by atoms with E-state index in [1.165, 1.54) is 0 Å². The van der Waals surface area contributed by atoms with Gasteiger partial charge in [0.2, 0.25) is 15.9 Å². The summed E-state index contributed by atoms with van der Waals surface area (Å²) in [7, 11) is -3.53. The highest BCUT2D eigenvalue weighted by atomic mass is 32.2. The van der Waals surface area contributed by atoms with Crippen LogP contribution in [-0.4, -0.2) is 34.0 Å².